The second-order valence-electron chi connectivity index (χ2n) is 2.15. The van der Waals surface area contributed by atoms with Gasteiger partial charge in [-0.05, 0) is 24.0 Å². The summed E-state index contributed by atoms with van der Waals surface area (Å²) in [5.74, 6) is 1.17. The Kier molecular flexibility index (Phi) is 2.65. The normalized spacial score (nSPS) is 9.91. The van der Waals surface area contributed by atoms with Gasteiger partial charge in [-0.15, -0.1) is 11.8 Å². The van der Waals surface area contributed by atoms with Gasteiger partial charge in [0.05, 0.1) is 5.69 Å². The van der Waals surface area contributed by atoms with Crippen LogP contribution in [-0.4, -0.2) is 10.9 Å². The first-order chi connectivity index (χ1) is 5.24. The number of hydrogen-bond acceptors (Lipinski definition) is 3. The van der Waals surface area contributed by atoms with Gasteiger partial charge >= 0.3 is 0 Å². The molecule has 0 fully saturated rings. The van der Waals surface area contributed by atoms with Crippen LogP contribution in [0.4, 0.5) is 5.69 Å². The zero-order chi connectivity index (χ0) is 8.27. The fraction of sp³-hybridized carbons (Fsp3) is 0.250. The van der Waals surface area contributed by atoms with Crippen molar-refractivity contribution in [2.75, 3.05) is 11.5 Å². The van der Waals surface area contributed by atoms with E-state index in [2.05, 4.69) is 6.92 Å². The molecule has 1 rings (SSSR count). The number of nitrogens with two attached hydrogens (primary N) is 1. The summed E-state index contributed by atoms with van der Waals surface area (Å²) in [6.07, 6.45) is 0. The van der Waals surface area contributed by atoms with Crippen molar-refractivity contribution in [2.24, 2.45) is 0 Å². The molecule has 0 heterocycles. The highest BCUT2D eigenvalue weighted by molar-refractivity contribution is 7.99. The lowest BCUT2D eigenvalue weighted by Crippen LogP contribution is -1.84. The molecule has 0 aliphatic carbocycles. The molecule has 0 saturated carbocycles. The number of aromatic hydroxyl groups is 1. The fourth-order valence-corrected chi connectivity index (χ4v) is 1.47. The minimum atomic E-state index is 0.170. The molecule has 1 aromatic rings. The fourth-order valence-electron chi connectivity index (χ4n) is 0.780. The average Bonchev–Trinajstić information content (AvgIpc) is 1.98. The Morgan fingerprint density at radius 3 is 2.82 bits per heavy atom. The zero-order valence-electron chi connectivity index (χ0n) is 6.37. The molecule has 0 radical (unpaired) electrons. The summed E-state index contributed by atoms with van der Waals surface area (Å²) in [5, 5.41) is 9.19. The summed E-state index contributed by atoms with van der Waals surface area (Å²) in [7, 11) is 0. The molecule has 2 nitrogen and oxygen atoms in total. The Morgan fingerprint density at radius 2 is 2.27 bits per heavy atom. The van der Waals surface area contributed by atoms with Crippen LogP contribution in [0.25, 0.3) is 0 Å². The summed E-state index contributed by atoms with van der Waals surface area (Å²) in [6, 6.07) is 5.31. The smallest absolute Gasteiger partial charge is 0.139 e. The molecule has 3 heteroatoms. The van der Waals surface area contributed by atoms with Crippen LogP contribution >= 0.6 is 11.8 Å². The highest BCUT2D eigenvalue weighted by Gasteiger charge is 1.97. The summed E-state index contributed by atoms with van der Waals surface area (Å²) in [6.45, 7) is 2.07. The standard InChI is InChI=1S/C8H11NOS/c1-2-11-6-3-4-7(9)8(10)5-6/h3-5,10H,2,9H2,1H3. The van der Waals surface area contributed by atoms with Gasteiger partial charge in [-0.1, -0.05) is 6.92 Å². The first-order valence-corrected chi connectivity index (χ1v) is 4.44. The molecule has 60 valence electrons. The number of phenolic OH excluding ortho intramolecular Hbond substituents is 1. The molecule has 0 spiro atoms. The van der Waals surface area contributed by atoms with E-state index in [1.807, 2.05) is 6.07 Å². The molecule has 0 aliphatic rings. The lowest BCUT2D eigenvalue weighted by molar-refractivity contribution is 0.476. The lowest BCUT2D eigenvalue weighted by Gasteiger charge is -2.01. The quantitative estimate of drug-likeness (QED) is 0.405. The number of anilines is 1. The Bertz CT molecular complexity index is 250. The van der Waals surface area contributed by atoms with Crippen LogP contribution in [0.2, 0.25) is 0 Å². The van der Waals surface area contributed by atoms with E-state index in [0.29, 0.717) is 5.69 Å². The van der Waals surface area contributed by atoms with Gasteiger partial charge in [-0.2, -0.15) is 0 Å². The van der Waals surface area contributed by atoms with E-state index in [1.54, 1.807) is 23.9 Å². The van der Waals surface area contributed by atoms with Gasteiger partial charge in [0.2, 0.25) is 0 Å². The van der Waals surface area contributed by atoms with Crippen LogP contribution in [0.1, 0.15) is 6.92 Å². The number of hydrogen-bond donors (Lipinski definition) is 2. The van der Waals surface area contributed by atoms with Crippen LogP contribution in [0.3, 0.4) is 0 Å². The maximum atomic E-state index is 9.19. The Morgan fingerprint density at radius 1 is 1.55 bits per heavy atom. The molecule has 0 amide bonds. The second kappa shape index (κ2) is 3.53. The summed E-state index contributed by atoms with van der Waals surface area (Å²) in [5.41, 5.74) is 5.86. The molecule has 0 aliphatic heterocycles. The molecular formula is C8H11NOS. The zero-order valence-corrected chi connectivity index (χ0v) is 7.19. The predicted octanol–water partition coefficient (Wildman–Crippen LogP) is 2.09. The van der Waals surface area contributed by atoms with Crippen molar-refractivity contribution in [1.29, 1.82) is 0 Å². The number of thioether (sulfide) groups is 1. The third-order valence-corrected chi connectivity index (χ3v) is 2.19. The number of phenols is 1. The maximum absolute atomic E-state index is 9.19. The van der Waals surface area contributed by atoms with Gasteiger partial charge in [0.15, 0.2) is 0 Å². The van der Waals surface area contributed by atoms with Crippen LogP contribution in [0.5, 0.6) is 5.75 Å². The van der Waals surface area contributed by atoms with Crippen molar-refractivity contribution in [3.63, 3.8) is 0 Å². The molecule has 0 bridgehead atoms. The van der Waals surface area contributed by atoms with Crippen LogP contribution in [-0.2, 0) is 0 Å². The van der Waals surface area contributed by atoms with Gasteiger partial charge in [0.25, 0.3) is 0 Å². The largest absolute Gasteiger partial charge is 0.506 e. The lowest BCUT2D eigenvalue weighted by atomic mass is 10.3. The van der Waals surface area contributed by atoms with E-state index in [9.17, 15) is 5.11 Å². The monoisotopic (exact) mass is 169 g/mol. The van der Waals surface area contributed by atoms with Crippen LogP contribution < -0.4 is 5.73 Å². The SMILES string of the molecule is CCSc1ccc(N)c(O)c1. The molecule has 0 unspecified atom stereocenters. The van der Waals surface area contributed by atoms with Crippen LogP contribution in [0.15, 0.2) is 23.1 Å². The Labute approximate surface area is 70.4 Å². The molecular weight excluding hydrogens is 158 g/mol. The van der Waals surface area contributed by atoms with Crippen molar-refractivity contribution < 1.29 is 5.11 Å². The molecule has 1 aromatic carbocycles. The van der Waals surface area contributed by atoms with E-state index in [-0.39, 0.29) is 5.75 Å². The third-order valence-electron chi connectivity index (χ3n) is 1.31. The first-order valence-electron chi connectivity index (χ1n) is 3.45. The summed E-state index contributed by atoms with van der Waals surface area (Å²) in [4.78, 5) is 1.05. The number of nitrogen functional groups attached to an aromatic ring is 1. The van der Waals surface area contributed by atoms with E-state index in [0.717, 1.165) is 10.6 Å². The number of rotatable bonds is 2. The van der Waals surface area contributed by atoms with E-state index in [4.69, 9.17) is 5.73 Å². The minimum Gasteiger partial charge on any atom is -0.506 e. The first kappa shape index (κ1) is 8.27. The minimum absolute atomic E-state index is 0.170. The molecule has 3 N–H and O–H groups in total. The molecule has 0 atom stereocenters. The molecule has 0 aromatic heterocycles. The van der Waals surface area contributed by atoms with Gasteiger partial charge in [-0.25, -0.2) is 0 Å². The van der Waals surface area contributed by atoms with Crippen LogP contribution in [0, 0.1) is 0 Å². The van der Waals surface area contributed by atoms with Gasteiger partial charge in [0.1, 0.15) is 5.75 Å². The van der Waals surface area contributed by atoms with Crippen molar-refractivity contribution >= 4 is 17.4 Å². The topological polar surface area (TPSA) is 46.2 Å². The molecule has 11 heavy (non-hydrogen) atoms. The van der Waals surface area contributed by atoms with Crippen molar-refractivity contribution in [3.8, 4) is 5.75 Å². The highest BCUT2D eigenvalue weighted by Crippen LogP contribution is 2.26. The van der Waals surface area contributed by atoms with Crippen molar-refractivity contribution in [1.82, 2.24) is 0 Å². The molecule has 0 saturated heterocycles. The van der Waals surface area contributed by atoms with Gasteiger partial charge in [-0.3, -0.25) is 0 Å². The third kappa shape index (κ3) is 2.05. The Balaban J connectivity index is 2.86. The van der Waals surface area contributed by atoms with Gasteiger partial charge < -0.3 is 10.8 Å². The van der Waals surface area contributed by atoms with Crippen molar-refractivity contribution in [3.05, 3.63) is 18.2 Å². The van der Waals surface area contributed by atoms with E-state index < -0.39 is 0 Å². The maximum Gasteiger partial charge on any atom is 0.139 e. The van der Waals surface area contributed by atoms with E-state index in [1.165, 1.54) is 0 Å². The summed E-state index contributed by atoms with van der Waals surface area (Å²) >= 11 is 1.68. The number of benzene rings is 1. The summed E-state index contributed by atoms with van der Waals surface area (Å²) < 4.78 is 0. The average molecular weight is 169 g/mol. The predicted molar refractivity (Wildman–Crippen MR) is 48.9 cm³/mol. The van der Waals surface area contributed by atoms with Gasteiger partial charge in [0, 0.05) is 4.90 Å². The highest BCUT2D eigenvalue weighted by atomic mass is 32.2. The second-order valence-corrected chi connectivity index (χ2v) is 3.49. The van der Waals surface area contributed by atoms with Crippen molar-refractivity contribution in [2.45, 2.75) is 11.8 Å². The van der Waals surface area contributed by atoms with E-state index >= 15 is 0 Å². The Hall–Kier alpha value is -0.830.